The number of nitrogens with zero attached hydrogens (tertiary/aromatic N) is 2. The van der Waals surface area contributed by atoms with E-state index in [1.807, 2.05) is 6.08 Å². The van der Waals surface area contributed by atoms with Crippen LogP contribution in [0.2, 0.25) is 0 Å². The fraction of sp³-hybridized carbons (Fsp3) is 0.846. The Kier molecular flexibility index (Phi) is 4.21. The monoisotopic (exact) mass is 208 g/mol. The summed E-state index contributed by atoms with van der Waals surface area (Å²) in [4.78, 5) is 5.36. The van der Waals surface area contributed by atoms with E-state index in [9.17, 15) is 0 Å². The highest BCUT2D eigenvalue weighted by atomic mass is 15.2. The molecular formula is C13H24N2. The van der Waals surface area contributed by atoms with Gasteiger partial charge in [-0.3, -0.25) is 4.90 Å². The standard InChI is InChI=1S/C13H24N2/c1-2-3-8-14-9-6-11-15-10-5-4-7-13(15)12-14/h2,13H,1,3-12H2. The van der Waals surface area contributed by atoms with Crippen molar-refractivity contribution in [1.29, 1.82) is 0 Å². The summed E-state index contributed by atoms with van der Waals surface area (Å²) in [5.41, 5.74) is 0. The molecular weight excluding hydrogens is 184 g/mol. The van der Waals surface area contributed by atoms with Gasteiger partial charge in [0.1, 0.15) is 0 Å². The second-order valence-electron chi connectivity index (χ2n) is 4.92. The summed E-state index contributed by atoms with van der Waals surface area (Å²) in [7, 11) is 0. The Morgan fingerprint density at radius 3 is 2.87 bits per heavy atom. The molecule has 15 heavy (non-hydrogen) atoms. The lowest BCUT2D eigenvalue weighted by Gasteiger charge is -2.35. The molecule has 2 rings (SSSR count). The Labute approximate surface area is 93.9 Å². The van der Waals surface area contributed by atoms with E-state index in [1.54, 1.807) is 0 Å². The van der Waals surface area contributed by atoms with Crippen LogP contribution in [0.15, 0.2) is 12.7 Å². The number of fused-ring (bicyclic) bond motifs is 1. The number of piperidine rings is 1. The maximum atomic E-state index is 3.81. The molecule has 0 aromatic heterocycles. The zero-order valence-corrected chi connectivity index (χ0v) is 9.83. The third-order valence-corrected chi connectivity index (χ3v) is 3.79. The summed E-state index contributed by atoms with van der Waals surface area (Å²) in [6.45, 7) is 10.3. The molecule has 2 fully saturated rings. The predicted octanol–water partition coefficient (Wildman–Crippen LogP) is 2.12. The van der Waals surface area contributed by atoms with E-state index in [0.717, 1.165) is 12.5 Å². The zero-order valence-electron chi connectivity index (χ0n) is 9.83. The molecule has 2 aliphatic rings. The van der Waals surface area contributed by atoms with Crippen molar-refractivity contribution in [2.45, 2.75) is 38.1 Å². The van der Waals surface area contributed by atoms with Gasteiger partial charge in [-0.1, -0.05) is 12.5 Å². The SMILES string of the molecule is C=CCCN1CCCN2CCCCC2C1. The normalized spacial score (nSPS) is 29.5. The molecule has 2 nitrogen and oxygen atoms in total. The minimum Gasteiger partial charge on any atom is -0.301 e. The van der Waals surface area contributed by atoms with Gasteiger partial charge in [-0.05, 0) is 45.3 Å². The maximum absolute atomic E-state index is 3.81. The first-order chi connectivity index (χ1) is 7.40. The van der Waals surface area contributed by atoms with Crippen LogP contribution in [0.3, 0.4) is 0 Å². The van der Waals surface area contributed by atoms with Crippen LogP contribution < -0.4 is 0 Å². The molecule has 0 spiro atoms. The van der Waals surface area contributed by atoms with E-state index in [4.69, 9.17) is 0 Å². The van der Waals surface area contributed by atoms with Gasteiger partial charge in [0.15, 0.2) is 0 Å². The molecule has 0 saturated carbocycles. The van der Waals surface area contributed by atoms with E-state index in [-0.39, 0.29) is 0 Å². The van der Waals surface area contributed by atoms with Gasteiger partial charge >= 0.3 is 0 Å². The highest BCUT2D eigenvalue weighted by Crippen LogP contribution is 2.20. The van der Waals surface area contributed by atoms with Crippen LogP contribution >= 0.6 is 0 Å². The number of hydrogen-bond acceptors (Lipinski definition) is 2. The minimum atomic E-state index is 0.853. The molecule has 0 N–H and O–H groups in total. The first-order valence-electron chi connectivity index (χ1n) is 6.47. The zero-order chi connectivity index (χ0) is 10.5. The topological polar surface area (TPSA) is 6.48 Å². The molecule has 0 radical (unpaired) electrons. The second-order valence-corrected chi connectivity index (χ2v) is 4.92. The Hall–Kier alpha value is -0.340. The van der Waals surface area contributed by atoms with Crippen molar-refractivity contribution < 1.29 is 0 Å². The molecule has 2 aliphatic heterocycles. The Morgan fingerprint density at radius 1 is 1.13 bits per heavy atom. The van der Waals surface area contributed by atoms with Crippen molar-refractivity contribution >= 4 is 0 Å². The quantitative estimate of drug-likeness (QED) is 0.656. The number of rotatable bonds is 3. The first-order valence-corrected chi connectivity index (χ1v) is 6.47. The average Bonchev–Trinajstić information content (AvgIpc) is 2.47. The van der Waals surface area contributed by atoms with Crippen LogP contribution in [0.1, 0.15) is 32.1 Å². The Balaban J connectivity index is 1.86. The van der Waals surface area contributed by atoms with Crippen LogP contribution in [0.25, 0.3) is 0 Å². The lowest BCUT2D eigenvalue weighted by molar-refractivity contribution is 0.137. The van der Waals surface area contributed by atoms with Crippen molar-refractivity contribution in [2.75, 3.05) is 32.7 Å². The third kappa shape index (κ3) is 3.05. The largest absolute Gasteiger partial charge is 0.301 e. The summed E-state index contributed by atoms with van der Waals surface area (Å²) in [6.07, 6.45) is 8.83. The van der Waals surface area contributed by atoms with Gasteiger partial charge in [0, 0.05) is 19.1 Å². The van der Waals surface area contributed by atoms with Crippen molar-refractivity contribution in [2.24, 2.45) is 0 Å². The van der Waals surface area contributed by atoms with Gasteiger partial charge in [-0.25, -0.2) is 0 Å². The summed E-state index contributed by atoms with van der Waals surface area (Å²) in [5.74, 6) is 0. The maximum Gasteiger partial charge on any atom is 0.0223 e. The van der Waals surface area contributed by atoms with Crippen molar-refractivity contribution in [1.82, 2.24) is 9.80 Å². The van der Waals surface area contributed by atoms with Gasteiger partial charge in [-0.15, -0.1) is 6.58 Å². The lowest BCUT2D eigenvalue weighted by atomic mass is 10.0. The summed E-state index contributed by atoms with van der Waals surface area (Å²) in [6, 6.07) is 0.853. The first kappa shape index (κ1) is 11.2. The fourth-order valence-corrected chi connectivity index (χ4v) is 2.92. The van der Waals surface area contributed by atoms with Gasteiger partial charge in [0.2, 0.25) is 0 Å². The molecule has 2 saturated heterocycles. The number of hydrogen-bond donors (Lipinski definition) is 0. The molecule has 0 aromatic rings. The van der Waals surface area contributed by atoms with Crippen molar-refractivity contribution in [3.05, 3.63) is 12.7 Å². The molecule has 0 aliphatic carbocycles. The Bertz CT molecular complexity index is 203. The summed E-state index contributed by atoms with van der Waals surface area (Å²) in [5, 5.41) is 0. The molecule has 0 aromatic carbocycles. The van der Waals surface area contributed by atoms with Crippen LogP contribution in [-0.2, 0) is 0 Å². The van der Waals surface area contributed by atoms with Crippen molar-refractivity contribution in [3.63, 3.8) is 0 Å². The summed E-state index contributed by atoms with van der Waals surface area (Å²) >= 11 is 0. The molecule has 1 unspecified atom stereocenters. The van der Waals surface area contributed by atoms with Crippen LogP contribution in [-0.4, -0.2) is 48.6 Å². The molecule has 2 heteroatoms. The van der Waals surface area contributed by atoms with Crippen LogP contribution in [0.4, 0.5) is 0 Å². The molecule has 0 bridgehead atoms. The third-order valence-electron chi connectivity index (χ3n) is 3.79. The fourth-order valence-electron chi connectivity index (χ4n) is 2.92. The lowest BCUT2D eigenvalue weighted by Crippen LogP contribution is -2.44. The van der Waals surface area contributed by atoms with Gasteiger partial charge in [-0.2, -0.15) is 0 Å². The molecule has 86 valence electrons. The molecule has 1 atom stereocenters. The molecule has 0 amide bonds. The van der Waals surface area contributed by atoms with Gasteiger partial charge in [0.25, 0.3) is 0 Å². The highest BCUT2D eigenvalue weighted by molar-refractivity contribution is 4.83. The Morgan fingerprint density at radius 2 is 2.00 bits per heavy atom. The molecule has 2 heterocycles. The predicted molar refractivity (Wildman–Crippen MR) is 65.1 cm³/mol. The van der Waals surface area contributed by atoms with E-state index in [0.29, 0.717) is 0 Å². The van der Waals surface area contributed by atoms with E-state index < -0.39 is 0 Å². The van der Waals surface area contributed by atoms with Crippen LogP contribution in [0.5, 0.6) is 0 Å². The van der Waals surface area contributed by atoms with Crippen LogP contribution in [0, 0.1) is 0 Å². The minimum absolute atomic E-state index is 0.853. The van der Waals surface area contributed by atoms with Crippen molar-refractivity contribution in [3.8, 4) is 0 Å². The van der Waals surface area contributed by atoms with Gasteiger partial charge < -0.3 is 4.90 Å². The van der Waals surface area contributed by atoms with Gasteiger partial charge in [0.05, 0.1) is 0 Å². The van der Waals surface area contributed by atoms with E-state index in [1.165, 1.54) is 58.4 Å². The summed E-state index contributed by atoms with van der Waals surface area (Å²) < 4.78 is 0. The highest BCUT2D eigenvalue weighted by Gasteiger charge is 2.26. The van der Waals surface area contributed by atoms with E-state index in [2.05, 4.69) is 16.4 Å². The average molecular weight is 208 g/mol. The smallest absolute Gasteiger partial charge is 0.0223 e. The van der Waals surface area contributed by atoms with E-state index >= 15 is 0 Å². The second kappa shape index (κ2) is 5.66.